The summed E-state index contributed by atoms with van der Waals surface area (Å²) in [6, 6.07) is 4.00. The van der Waals surface area contributed by atoms with Gasteiger partial charge in [-0.1, -0.05) is 36.0 Å². The number of phenolic OH excluding ortho intramolecular Hbond substituents is 1. The van der Waals surface area contributed by atoms with Gasteiger partial charge in [0.05, 0.1) is 10.0 Å². The first-order valence-electron chi connectivity index (χ1n) is 7.53. The number of rotatable bonds is 2. The Morgan fingerprint density at radius 1 is 1.00 bits per heavy atom. The molecule has 0 amide bonds. The zero-order chi connectivity index (χ0) is 14.2. The molecule has 0 heterocycles. The van der Waals surface area contributed by atoms with E-state index in [9.17, 15) is 5.11 Å². The van der Waals surface area contributed by atoms with Gasteiger partial charge in [-0.2, -0.15) is 0 Å². The predicted molar refractivity (Wildman–Crippen MR) is 84.9 cm³/mol. The summed E-state index contributed by atoms with van der Waals surface area (Å²) in [5, 5.41) is 13.7. The highest BCUT2D eigenvalue weighted by Gasteiger charge is 2.37. The molecule has 0 bridgehead atoms. The van der Waals surface area contributed by atoms with Crippen LogP contribution in [0.3, 0.4) is 0 Å². The molecule has 0 aromatic heterocycles. The Hall–Kier alpha value is -0.600. The summed E-state index contributed by atoms with van der Waals surface area (Å²) >= 11 is 11.9. The fourth-order valence-electron chi connectivity index (χ4n) is 3.88. The van der Waals surface area contributed by atoms with Crippen LogP contribution in [0.4, 0.5) is 5.69 Å². The topological polar surface area (TPSA) is 32.3 Å². The van der Waals surface area contributed by atoms with Crippen molar-refractivity contribution in [2.75, 3.05) is 5.32 Å². The SMILES string of the molecule is Oc1c(Cl)cc(NC2CCC3(CCCC3)CC2)cc1Cl. The molecule has 2 aliphatic rings. The molecule has 3 rings (SSSR count). The number of phenols is 1. The Labute approximate surface area is 130 Å². The van der Waals surface area contributed by atoms with Gasteiger partial charge in [0.1, 0.15) is 0 Å². The van der Waals surface area contributed by atoms with E-state index >= 15 is 0 Å². The predicted octanol–water partition coefficient (Wildman–Crippen LogP) is 5.61. The van der Waals surface area contributed by atoms with Crippen LogP contribution in [0.2, 0.25) is 10.0 Å². The average Bonchev–Trinajstić information content (AvgIpc) is 2.87. The van der Waals surface area contributed by atoms with Crippen LogP contribution in [0.15, 0.2) is 12.1 Å². The molecule has 0 radical (unpaired) electrons. The van der Waals surface area contributed by atoms with Gasteiger partial charge in [-0.05, 0) is 56.1 Å². The third-order valence-corrected chi connectivity index (χ3v) is 5.67. The lowest BCUT2D eigenvalue weighted by atomic mass is 9.71. The molecule has 1 spiro atoms. The summed E-state index contributed by atoms with van der Waals surface area (Å²) in [6.45, 7) is 0. The molecule has 0 atom stereocenters. The lowest BCUT2D eigenvalue weighted by molar-refractivity contribution is 0.188. The maximum atomic E-state index is 9.58. The Bertz CT molecular complexity index is 464. The Morgan fingerprint density at radius 3 is 2.10 bits per heavy atom. The molecule has 0 unspecified atom stereocenters. The molecule has 110 valence electrons. The molecule has 1 aromatic carbocycles. The molecule has 2 N–H and O–H groups in total. The third kappa shape index (κ3) is 2.87. The number of aromatic hydroxyl groups is 1. The normalized spacial score (nSPS) is 22.3. The molecule has 2 fully saturated rings. The van der Waals surface area contributed by atoms with Gasteiger partial charge in [-0.25, -0.2) is 0 Å². The van der Waals surface area contributed by atoms with Crippen LogP contribution in [-0.2, 0) is 0 Å². The minimum absolute atomic E-state index is 0.0348. The molecule has 0 saturated heterocycles. The van der Waals surface area contributed by atoms with Crippen molar-refractivity contribution < 1.29 is 5.11 Å². The summed E-state index contributed by atoms with van der Waals surface area (Å²) in [6.07, 6.45) is 10.8. The van der Waals surface area contributed by atoms with Crippen LogP contribution in [-0.4, -0.2) is 11.1 Å². The zero-order valence-corrected chi connectivity index (χ0v) is 13.1. The quantitative estimate of drug-likeness (QED) is 0.695. The highest BCUT2D eigenvalue weighted by molar-refractivity contribution is 6.37. The summed E-state index contributed by atoms with van der Waals surface area (Å²) in [4.78, 5) is 0. The molecule has 2 nitrogen and oxygen atoms in total. The Kier molecular flexibility index (Phi) is 4.05. The summed E-state index contributed by atoms with van der Waals surface area (Å²) < 4.78 is 0. The first-order valence-corrected chi connectivity index (χ1v) is 8.28. The smallest absolute Gasteiger partial charge is 0.152 e. The van der Waals surface area contributed by atoms with Crippen molar-refractivity contribution in [2.24, 2.45) is 5.41 Å². The van der Waals surface area contributed by atoms with Gasteiger partial charge in [0.2, 0.25) is 0 Å². The largest absolute Gasteiger partial charge is 0.505 e. The molecular weight excluding hydrogens is 293 g/mol. The van der Waals surface area contributed by atoms with Crippen molar-refractivity contribution >= 4 is 28.9 Å². The lowest BCUT2D eigenvalue weighted by Gasteiger charge is -2.38. The maximum Gasteiger partial charge on any atom is 0.152 e. The van der Waals surface area contributed by atoms with E-state index in [2.05, 4.69) is 5.32 Å². The summed E-state index contributed by atoms with van der Waals surface area (Å²) in [7, 11) is 0. The average molecular weight is 314 g/mol. The van der Waals surface area contributed by atoms with Crippen LogP contribution in [0.25, 0.3) is 0 Å². The van der Waals surface area contributed by atoms with Gasteiger partial charge in [-0.15, -0.1) is 0 Å². The van der Waals surface area contributed by atoms with Crippen LogP contribution < -0.4 is 5.32 Å². The molecule has 2 saturated carbocycles. The number of anilines is 1. The number of benzene rings is 1. The van der Waals surface area contributed by atoms with Gasteiger partial charge in [0.15, 0.2) is 5.75 Å². The number of hydrogen-bond donors (Lipinski definition) is 2. The summed E-state index contributed by atoms with van der Waals surface area (Å²) in [5.74, 6) is -0.0348. The van der Waals surface area contributed by atoms with Crippen LogP contribution >= 0.6 is 23.2 Å². The first-order chi connectivity index (χ1) is 9.58. The minimum Gasteiger partial charge on any atom is -0.505 e. The van der Waals surface area contributed by atoms with Crippen molar-refractivity contribution in [3.8, 4) is 5.75 Å². The van der Waals surface area contributed by atoms with E-state index in [4.69, 9.17) is 23.2 Å². The zero-order valence-electron chi connectivity index (χ0n) is 11.6. The summed E-state index contributed by atoms with van der Waals surface area (Å²) in [5.41, 5.74) is 1.56. The second kappa shape index (κ2) is 5.65. The fourth-order valence-corrected chi connectivity index (χ4v) is 4.37. The lowest BCUT2D eigenvalue weighted by Crippen LogP contribution is -2.31. The number of nitrogens with one attached hydrogen (secondary N) is 1. The second-order valence-electron chi connectivity index (χ2n) is 6.41. The molecule has 2 aliphatic carbocycles. The van der Waals surface area contributed by atoms with Crippen molar-refractivity contribution in [1.29, 1.82) is 0 Å². The monoisotopic (exact) mass is 313 g/mol. The Balaban J connectivity index is 1.62. The van der Waals surface area contributed by atoms with Crippen LogP contribution in [0.5, 0.6) is 5.75 Å². The molecule has 4 heteroatoms. The highest BCUT2D eigenvalue weighted by atomic mass is 35.5. The highest BCUT2D eigenvalue weighted by Crippen LogP contribution is 2.49. The fraction of sp³-hybridized carbons (Fsp3) is 0.625. The van der Waals surface area contributed by atoms with Gasteiger partial charge in [0.25, 0.3) is 0 Å². The Morgan fingerprint density at radius 2 is 1.55 bits per heavy atom. The minimum atomic E-state index is -0.0348. The van der Waals surface area contributed by atoms with E-state index in [-0.39, 0.29) is 5.75 Å². The standard InChI is InChI=1S/C16H21Cl2NO/c17-13-9-12(10-14(18)15(13)20)19-11-3-7-16(8-4-11)5-1-2-6-16/h9-11,19-20H,1-8H2. The van der Waals surface area contributed by atoms with E-state index in [1.165, 1.54) is 51.4 Å². The number of halogens is 2. The van der Waals surface area contributed by atoms with Gasteiger partial charge < -0.3 is 10.4 Å². The first kappa shape index (κ1) is 14.3. The molecule has 20 heavy (non-hydrogen) atoms. The van der Waals surface area contributed by atoms with Crippen LogP contribution in [0.1, 0.15) is 51.4 Å². The van der Waals surface area contributed by atoms with E-state index in [1.54, 1.807) is 12.1 Å². The van der Waals surface area contributed by atoms with Crippen molar-refractivity contribution in [3.05, 3.63) is 22.2 Å². The van der Waals surface area contributed by atoms with E-state index in [0.717, 1.165) is 5.69 Å². The second-order valence-corrected chi connectivity index (χ2v) is 7.23. The van der Waals surface area contributed by atoms with Crippen LogP contribution in [0, 0.1) is 5.41 Å². The maximum absolute atomic E-state index is 9.58. The van der Waals surface area contributed by atoms with E-state index in [1.807, 2.05) is 0 Å². The molecule has 0 aliphatic heterocycles. The molecule has 1 aromatic rings. The molecular formula is C16H21Cl2NO. The van der Waals surface area contributed by atoms with Crippen molar-refractivity contribution in [2.45, 2.75) is 57.4 Å². The van der Waals surface area contributed by atoms with Crippen molar-refractivity contribution in [3.63, 3.8) is 0 Å². The third-order valence-electron chi connectivity index (χ3n) is 5.10. The van der Waals surface area contributed by atoms with Gasteiger partial charge in [-0.3, -0.25) is 0 Å². The number of hydrogen-bond acceptors (Lipinski definition) is 2. The van der Waals surface area contributed by atoms with Gasteiger partial charge >= 0.3 is 0 Å². The van der Waals surface area contributed by atoms with Gasteiger partial charge in [0, 0.05) is 11.7 Å². The van der Waals surface area contributed by atoms with Crippen molar-refractivity contribution in [1.82, 2.24) is 0 Å². The van der Waals surface area contributed by atoms with E-state index in [0.29, 0.717) is 21.5 Å². The van der Waals surface area contributed by atoms with E-state index < -0.39 is 0 Å².